The Labute approximate surface area is 204 Å². The van der Waals surface area contributed by atoms with Crippen molar-refractivity contribution in [2.24, 2.45) is 14.1 Å². The van der Waals surface area contributed by atoms with Crippen molar-refractivity contribution in [2.75, 3.05) is 16.4 Å². The largest absolute Gasteiger partial charge is 0.472 e. The third-order valence-corrected chi connectivity index (χ3v) is 6.29. The molecule has 0 atom stereocenters. The number of alkyl halides is 2. The van der Waals surface area contributed by atoms with Gasteiger partial charge in [0.2, 0.25) is 5.88 Å². The Kier molecular flexibility index (Phi) is 5.10. The molecule has 4 heterocycles. The van der Waals surface area contributed by atoms with Crippen LogP contribution < -0.4 is 14.5 Å². The molecule has 0 N–H and O–H groups in total. The van der Waals surface area contributed by atoms with Crippen LogP contribution >= 0.6 is 0 Å². The number of hydrogen-bond acceptors (Lipinski definition) is 4. The van der Waals surface area contributed by atoms with E-state index in [0.29, 0.717) is 11.5 Å². The first-order valence-corrected chi connectivity index (χ1v) is 11.4. The summed E-state index contributed by atoms with van der Waals surface area (Å²) in [4.78, 5) is 21.6. The lowest BCUT2D eigenvalue weighted by Gasteiger charge is -2.36. The van der Waals surface area contributed by atoms with Gasteiger partial charge in [-0.2, -0.15) is 10.1 Å². The molecule has 2 aromatic carbocycles. The number of hydrogen-bond donors (Lipinski definition) is 0. The number of aromatic nitrogens is 4. The van der Waals surface area contributed by atoms with E-state index in [9.17, 15) is 13.6 Å². The number of fused-ring (bicyclic) bond motifs is 3. The van der Waals surface area contributed by atoms with Gasteiger partial charge >= 0.3 is 6.03 Å². The maximum atomic E-state index is 14.0. The zero-order chi connectivity index (χ0) is 25.0. The first kappa shape index (κ1) is 22.0. The number of ether oxygens (including phenoxy) is 1. The highest BCUT2D eigenvalue weighted by Gasteiger charge is 2.34. The van der Waals surface area contributed by atoms with E-state index in [1.807, 2.05) is 73.5 Å². The molecule has 6 rings (SSSR count). The van der Waals surface area contributed by atoms with Crippen molar-refractivity contribution in [3.63, 3.8) is 0 Å². The van der Waals surface area contributed by atoms with Crippen molar-refractivity contribution in [3.8, 4) is 5.88 Å². The molecule has 1 aliphatic heterocycles. The average Bonchev–Trinajstić information content (AvgIpc) is 3.42. The van der Waals surface area contributed by atoms with Crippen molar-refractivity contribution < 1.29 is 18.3 Å². The molecular formula is C26H22F2N6O2. The fourth-order valence-corrected chi connectivity index (χ4v) is 4.60. The highest BCUT2D eigenvalue weighted by Crippen LogP contribution is 2.38. The topological polar surface area (TPSA) is 68.4 Å². The van der Waals surface area contributed by atoms with Gasteiger partial charge in [0.05, 0.1) is 17.7 Å². The number of urea groups is 1. The Morgan fingerprint density at radius 2 is 1.81 bits per heavy atom. The monoisotopic (exact) mass is 488 g/mol. The quantitative estimate of drug-likeness (QED) is 0.333. The van der Waals surface area contributed by atoms with E-state index in [4.69, 9.17) is 4.74 Å². The van der Waals surface area contributed by atoms with E-state index in [-0.39, 0.29) is 18.5 Å². The molecule has 5 aromatic rings. The minimum Gasteiger partial charge on any atom is -0.472 e. The predicted molar refractivity (Wildman–Crippen MR) is 133 cm³/mol. The molecule has 2 amide bonds. The number of benzene rings is 2. The number of amides is 2. The van der Waals surface area contributed by atoms with Crippen LogP contribution in [0, 0.1) is 0 Å². The summed E-state index contributed by atoms with van der Waals surface area (Å²) in [5.74, 6) is 0.402. The lowest BCUT2D eigenvalue weighted by molar-refractivity contribution is 0.0796. The third kappa shape index (κ3) is 3.71. The van der Waals surface area contributed by atoms with Gasteiger partial charge in [-0.3, -0.25) is 9.58 Å². The van der Waals surface area contributed by atoms with Crippen LogP contribution in [0.3, 0.4) is 0 Å². The van der Waals surface area contributed by atoms with Gasteiger partial charge in [0, 0.05) is 60.1 Å². The van der Waals surface area contributed by atoms with Crippen LogP contribution in [-0.4, -0.2) is 38.4 Å². The Balaban J connectivity index is 1.47. The van der Waals surface area contributed by atoms with Gasteiger partial charge in [-0.1, -0.05) is 0 Å². The van der Waals surface area contributed by atoms with E-state index in [2.05, 4.69) is 10.1 Å². The summed E-state index contributed by atoms with van der Waals surface area (Å²) < 4.78 is 34.4. The summed E-state index contributed by atoms with van der Waals surface area (Å²) >= 11 is 0. The Morgan fingerprint density at radius 1 is 1.00 bits per heavy atom. The molecule has 182 valence electrons. The second-order valence-electron chi connectivity index (χ2n) is 8.75. The van der Waals surface area contributed by atoms with Crippen molar-refractivity contribution >= 4 is 45.0 Å². The Hall–Kier alpha value is -4.47. The number of rotatable bonds is 5. The van der Waals surface area contributed by atoms with E-state index >= 15 is 0 Å². The number of anilines is 3. The normalized spacial score (nSPS) is 13.8. The molecule has 0 radical (unpaired) electrons. The van der Waals surface area contributed by atoms with E-state index < -0.39 is 13.0 Å². The van der Waals surface area contributed by atoms with E-state index in [1.54, 1.807) is 21.7 Å². The molecule has 0 fully saturated rings. The molecular weight excluding hydrogens is 466 g/mol. The molecule has 10 heteroatoms. The van der Waals surface area contributed by atoms with Gasteiger partial charge in [0.1, 0.15) is 5.82 Å². The molecule has 0 unspecified atom stereocenters. The fourth-order valence-electron chi connectivity index (χ4n) is 4.60. The molecule has 0 aliphatic carbocycles. The van der Waals surface area contributed by atoms with Crippen molar-refractivity contribution in [1.29, 1.82) is 0 Å². The van der Waals surface area contributed by atoms with Crippen LogP contribution in [-0.2, 0) is 20.6 Å². The van der Waals surface area contributed by atoms with Gasteiger partial charge in [-0.25, -0.2) is 18.5 Å². The van der Waals surface area contributed by atoms with E-state index in [1.165, 1.54) is 4.90 Å². The number of nitrogens with zero attached hydrogens (tertiary/aromatic N) is 6. The van der Waals surface area contributed by atoms with Gasteiger partial charge < -0.3 is 9.30 Å². The molecule has 36 heavy (non-hydrogen) atoms. The lowest BCUT2D eigenvalue weighted by atomic mass is 10.1. The SMILES string of the molecule is Cn1cc2cc(N3Cc4ccc(OCC(F)F)nc4N(c4ccc5c(ccn5C)c4)C3=O)ccc2n1. The van der Waals surface area contributed by atoms with Crippen LogP contribution in [0.5, 0.6) is 5.88 Å². The van der Waals surface area contributed by atoms with Crippen LogP contribution in [0.25, 0.3) is 21.8 Å². The minimum absolute atomic E-state index is 0.0397. The van der Waals surface area contributed by atoms with Gasteiger partial charge in [-0.15, -0.1) is 0 Å². The zero-order valence-electron chi connectivity index (χ0n) is 19.6. The second-order valence-corrected chi connectivity index (χ2v) is 8.75. The zero-order valence-corrected chi connectivity index (χ0v) is 19.6. The summed E-state index contributed by atoms with van der Waals surface area (Å²) in [6, 6.07) is 16.4. The molecule has 8 nitrogen and oxygen atoms in total. The highest BCUT2D eigenvalue weighted by atomic mass is 19.3. The van der Waals surface area contributed by atoms with Gasteiger partial charge in [0.25, 0.3) is 6.43 Å². The molecule has 0 saturated heterocycles. The fraction of sp³-hybridized carbons (Fsp3) is 0.192. The van der Waals surface area contributed by atoms with Crippen molar-refractivity contribution in [2.45, 2.75) is 13.0 Å². The second kappa shape index (κ2) is 8.33. The Morgan fingerprint density at radius 3 is 2.64 bits per heavy atom. The number of aryl methyl sites for hydroxylation is 2. The third-order valence-electron chi connectivity index (χ3n) is 6.29. The molecule has 0 saturated carbocycles. The number of carbonyl (C=O) groups excluding carboxylic acids is 1. The highest BCUT2D eigenvalue weighted by molar-refractivity contribution is 6.11. The molecule has 1 aliphatic rings. The first-order chi connectivity index (χ1) is 17.4. The van der Waals surface area contributed by atoms with Crippen LogP contribution in [0.4, 0.5) is 30.8 Å². The Bertz CT molecular complexity index is 1630. The predicted octanol–water partition coefficient (Wildman–Crippen LogP) is 5.38. The smallest absolute Gasteiger partial charge is 0.335 e. The van der Waals surface area contributed by atoms with Gasteiger partial charge in [-0.05, 0) is 48.5 Å². The maximum absolute atomic E-state index is 14.0. The number of halogens is 2. The van der Waals surface area contributed by atoms with Crippen LogP contribution in [0.1, 0.15) is 5.56 Å². The molecule has 0 bridgehead atoms. The van der Waals surface area contributed by atoms with Crippen LogP contribution in [0.2, 0.25) is 0 Å². The van der Waals surface area contributed by atoms with Crippen molar-refractivity contribution in [3.05, 3.63) is 72.6 Å². The standard InChI is InChI=1S/C26H22F2N6O2/c1-31-10-9-16-11-20(5-7-22(16)31)34-25-17(3-8-24(29-25)36-15-23(27)28)14-33(26(34)35)19-4-6-21-18(12-19)13-32(2)30-21/h3-13,23H,14-15H2,1-2H3. The minimum atomic E-state index is -2.63. The summed E-state index contributed by atoms with van der Waals surface area (Å²) in [6.45, 7) is -0.501. The molecule has 3 aromatic heterocycles. The van der Waals surface area contributed by atoms with E-state index in [0.717, 1.165) is 33.1 Å². The number of pyridine rings is 1. The summed E-state index contributed by atoms with van der Waals surface area (Å²) in [5.41, 5.74) is 3.95. The van der Waals surface area contributed by atoms with Gasteiger partial charge in [0.15, 0.2) is 6.61 Å². The average molecular weight is 488 g/mol. The first-order valence-electron chi connectivity index (χ1n) is 11.4. The molecule has 0 spiro atoms. The summed E-state index contributed by atoms with van der Waals surface area (Å²) in [6.07, 6.45) is 1.22. The lowest BCUT2D eigenvalue weighted by Crippen LogP contribution is -2.45. The van der Waals surface area contributed by atoms with Crippen molar-refractivity contribution in [1.82, 2.24) is 19.3 Å². The summed E-state index contributed by atoms with van der Waals surface area (Å²) in [5, 5.41) is 6.29. The van der Waals surface area contributed by atoms with Crippen LogP contribution in [0.15, 0.2) is 67.0 Å². The summed E-state index contributed by atoms with van der Waals surface area (Å²) in [7, 11) is 3.80. The number of carbonyl (C=O) groups is 1. The maximum Gasteiger partial charge on any atom is 0.335 e.